The zero-order valence-corrected chi connectivity index (χ0v) is 6.22. The maximum atomic E-state index is 10.7. The Morgan fingerprint density at radius 1 is 1.44 bits per heavy atom. The van der Waals surface area contributed by atoms with Gasteiger partial charge in [-0.1, -0.05) is 30.5 Å². The summed E-state index contributed by atoms with van der Waals surface area (Å²) in [5.41, 5.74) is 0. The van der Waals surface area contributed by atoms with Gasteiger partial charge in [-0.2, -0.15) is 0 Å². The normalized spacial score (nSPS) is 18.9. The minimum atomic E-state index is -0.0301. The van der Waals surface area contributed by atoms with E-state index in [9.17, 15) is 4.79 Å². The highest BCUT2D eigenvalue weighted by Gasteiger charge is 2.14. The molecule has 0 N–H and O–H groups in total. The maximum Gasteiger partial charge on any atom is 0.178 e. The molecule has 0 bridgehead atoms. The molecule has 0 amide bonds. The van der Waals surface area contributed by atoms with E-state index in [1.54, 1.807) is 12.2 Å². The number of hydrogen-bond acceptors (Lipinski definition) is 3. The highest BCUT2D eigenvalue weighted by Crippen LogP contribution is 2.01. The summed E-state index contributed by atoms with van der Waals surface area (Å²) in [6.45, 7) is 0. The number of allylic oxidation sites excluding steroid dienone is 2. The minimum Gasteiger partial charge on any atom is -0.293 e. The fourth-order valence-corrected chi connectivity index (χ4v) is 0.940. The predicted molar refractivity (Wildman–Crippen MR) is 44.0 cm³/mol. The lowest BCUT2D eigenvalue weighted by atomic mass is 10.1. The van der Waals surface area contributed by atoms with Crippen molar-refractivity contribution in [3.63, 3.8) is 0 Å². The maximum absolute atomic E-state index is 10.7. The van der Waals surface area contributed by atoms with E-state index in [1.165, 1.54) is 0 Å². The molecule has 0 radical (unpaired) electrons. The van der Waals surface area contributed by atoms with Crippen LogP contribution in [0.4, 0.5) is 0 Å². The summed E-state index contributed by atoms with van der Waals surface area (Å²) in [5.74, 6) is -0.0301. The second-order valence-corrected chi connectivity index (χ2v) is 2.57. The number of ketones is 1. The van der Waals surface area contributed by atoms with E-state index in [1.807, 2.05) is 0 Å². The van der Waals surface area contributed by atoms with Crippen LogP contribution in [0.25, 0.3) is 0 Å². The quantitative estimate of drug-likeness (QED) is 0.491. The molecule has 0 unspecified atom stereocenters. The van der Waals surface area contributed by atoms with E-state index in [0.29, 0.717) is 16.1 Å². The van der Waals surface area contributed by atoms with Gasteiger partial charge in [0.25, 0.3) is 0 Å². The zero-order valence-electron chi connectivity index (χ0n) is 4.59. The largest absolute Gasteiger partial charge is 0.293 e. The predicted octanol–water partition coefficient (Wildman–Crippen LogP) is 1.26. The number of Topliss-reactive ketones (excluding diaryl/α,β-unsaturated/α-hetero) is 1. The van der Waals surface area contributed by atoms with E-state index < -0.39 is 0 Å². The fraction of sp³-hybridized carbons (Fsp3) is 0.167. The van der Waals surface area contributed by atoms with Gasteiger partial charge in [0.1, 0.15) is 0 Å². The molecule has 0 spiro atoms. The van der Waals surface area contributed by atoms with Crippen molar-refractivity contribution >= 4 is 39.9 Å². The first-order valence-corrected chi connectivity index (χ1v) is 3.31. The molecule has 3 heteroatoms. The van der Waals surface area contributed by atoms with Gasteiger partial charge < -0.3 is 0 Å². The Kier molecular flexibility index (Phi) is 1.83. The molecular formula is C6H4OS2. The Morgan fingerprint density at radius 3 is 2.56 bits per heavy atom. The first-order chi connectivity index (χ1) is 4.22. The van der Waals surface area contributed by atoms with Crippen LogP contribution in [0.3, 0.4) is 0 Å². The summed E-state index contributed by atoms with van der Waals surface area (Å²) in [5, 5.41) is 0. The SMILES string of the molecule is O=C1CC=CC(=S)C1=S. The van der Waals surface area contributed by atoms with Gasteiger partial charge in [-0.25, -0.2) is 0 Å². The van der Waals surface area contributed by atoms with Crippen LogP contribution in [0, 0.1) is 0 Å². The van der Waals surface area contributed by atoms with Crippen LogP contribution in [0.15, 0.2) is 12.2 Å². The van der Waals surface area contributed by atoms with Crippen LogP contribution in [0.2, 0.25) is 0 Å². The average Bonchev–Trinajstić information content (AvgIpc) is 1.83. The van der Waals surface area contributed by atoms with Crippen LogP contribution < -0.4 is 0 Å². The minimum absolute atomic E-state index is 0.0301. The van der Waals surface area contributed by atoms with E-state index in [-0.39, 0.29) is 5.78 Å². The topological polar surface area (TPSA) is 17.1 Å². The van der Waals surface area contributed by atoms with Gasteiger partial charge in [-0.3, -0.25) is 4.79 Å². The second kappa shape index (κ2) is 2.45. The van der Waals surface area contributed by atoms with Gasteiger partial charge in [-0.05, 0) is 6.08 Å². The molecule has 0 atom stereocenters. The lowest BCUT2D eigenvalue weighted by Crippen LogP contribution is -2.21. The van der Waals surface area contributed by atoms with Gasteiger partial charge in [0.15, 0.2) is 5.78 Å². The van der Waals surface area contributed by atoms with Crippen molar-refractivity contribution in [3.8, 4) is 0 Å². The molecule has 9 heavy (non-hydrogen) atoms. The summed E-state index contributed by atoms with van der Waals surface area (Å²) in [6, 6.07) is 0. The van der Waals surface area contributed by atoms with Crippen molar-refractivity contribution < 1.29 is 4.79 Å². The summed E-state index contributed by atoms with van der Waals surface area (Å²) in [7, 11) is 0. The van der Waals surface area contributed by atoms with Gasteiger partial charge in [0.05, 0.1) is 9.73 Å². The molecule has 0 aromatic carbocycles. The molecule has 0 heterocycles. The number of thiocarbonyl (C=S) groups is 2. The average molecular weight is 156 g/mol. The van der Waals surface area contributed by atoms with Crippen molar-refractivity contribution in [1.82, 2.24) is 0 Å². The standard InChI is InChI=1S/C6H4OS2/c7-4-2-1-3-5(8)6(4)9/h1,3H,2H2. The van der Waals surface area contributed by atoms with Crippen molar-refractivity contribution in [2.75, 3.05) is 0 Å². The summed E-state index contributed by atoms with van der Waals surface area (Å²) >= 11 is 9.47. The number of carbonyl (C=O) groups excluding carboxylic acids is 1. The van der Waals surface area contributed by atoms with E-state index >= 15 is 0 Å². The number of carbonyl (C=O) groups is 1. The van der Waals surface area contributed by atoms with E-state index in [2.05, 4.69) is 0 Å². The molecule has 1 aliphatic carbocycles. The summed E-state index contributed by atoms with van der Waals surface area (Å²) in [6.07, 6.45) is 3.86. The van der Waals surface area contributed by atoms with Crippen LogP contribution in [0.5, 0.6) is 0 Å². The van der Waals surface area contributed by atoms with Crippen LogP contribution in [-0.4, -0.2) is 15.5 Å². The molecule has 0 aromatic heterocycles. The van der Waals surface area contributed by atoms with Gasteiger partial charge in [-0.15, -0.1) is 0 Å². The lowest BCUT2D eigenvalue weighted by molar-refractivity contribution is -0.111. The third kappa shape index (κ3) is 1.28. The van der Waals surface area contributed by atoms with Crippen LogP contribution >= 0.6 is 24.4 Å². The molecule has 0 saturated carbocycles. The molecule has 0 aromatic rings. The van der Waals surface area contributed by atoms with Gasteiger partial charge >= 0.3 is 0 Å². The highest BCUT2D eigenvalue weighted by molar-refractivity contribution is 7.91. The first kappa shape index (κ1) is 6.71. The number of hydrogen-bond donors (Lipinski definition) is 0. The molecule has 1 aliphatic rings. The third-order valence-corrected chi connectivity index (χ3v) is 1.97. The number of rotatable bonds is 0. The van der Waals surface area contributed by atoms with Crippen molar-refractivity contribution in [2.24, 2.45) is 0 Å². The smallest absolute Gasteiger partial charge is 0.178 e. The summed E-state index contributed by atoms with van der Waals surface area (Å²) in [4.78, 5) is 11.5. The van der Waals surface area contributed by atoms with Crippen LogP contribution in [-0.2, 0) is 4.79 Å². The Hall–Kier alpha value is -0.410. The van der Waals surface area contributed by atoms with E-state index in [0.717, 1.165) is 0 Å². The second-order valence-electron chi connectivity index (χ2n) is 1.72. The van der Waals surface area contributed by atoms with Gasteiger partial charge in [0.2, 0.25) is 0 Å². The molecule has 0 aliphatic heterocycles. The Bertz CT molecular complexity index is 215. The Morgan fingerprint density at radius 2 is 2.11 bits per heavy atom. The third-order valence-electron chi connectivity index (χ3n) is 1.05. The Labute approximate surface area is 63.7 Å². The van der Waals surface area contributed by atoms with Crippen molar-refractivity contribution in [2.45, 2.75) is 6.42 Å². The molecule has 1 nitrogen and oxygen atoms in total. The fourth-order valence-electron chi connectivity index (χ4n) is 0.579. The van der Waals surface area contributed by atoms with Crippen molar-refractivity contribution in [1.29, 1.82) is 0 Å². The molecular weight excluding hydrogens is 152 g/mol. The van der Waals surface area contributed by atoms with Crippen LogP contribution in [0.1, 0.15) is 6.42 Å². The lowest BCUT2D eigenvalue weighted by Gasteiger charge is -2.02. The first-order valence-electron chi connectivity index (χ1n) is 2.50. The zero-order chi connectivity index (χ0) is 6.85. The Balaban J connectivity index is 2.94. The monoisotopic (exact) mass is 156 g/mol. The molecule has 0 saturated heterocycles. The summed E-state index contributed by atoms with van der Waals surface area (Å²) < 4.78 is 0. The highest BCUT2D eigenvalue weighted by atomic mass is 32.1. The van der Waals surface area contributed by atoms with Crippen molar-refractivity contribution in [3.05, 3.63) is 12.2 Å². The molecule has 1 rings (SSSR count). The molecule has 0 fully saturated rings. The van der Waals surface area contributed by atoms with E-state index in [4.69, 9.17) is 24.4 Å². The van der Waals surface area contributed by atoms with Gasteiger partial charge in [0, 0.05) is 6.42 Å². The molecule has 46 valence electrons.